The Kier molecular flexibility index (Phi) is 3.09. The molecule has 0 spiro atoms. The molecule has 2 aromatic heterocycles. The summed E-state index contributed by atoms with van der Waals surface area (Å²) in [5.41, 5.74) is 3.11. The molecule has 1 N–H and O–H groups in total. The number of nitrogens with one attached hydrogen (secondary N) is 1. The predicted molar refractivity (Wildman–Crippen MR) is 90.8 cm³/mol. The Morgan fingerprint density at radius 1 is 1.30 bits per heavy atom. The molecule has 116 valence electrons. The quantitative estimate of drug-likeness (QED) is 0.732. The van der Waals surface area contributed by atoms with Crippen molar-refractivity contribution < 1.29 is 9.18 Å². The molecule has 1 aliphatic heterocycles. The number of para-hydroxylation sites is 1. The highest BCUT2D eigenvalue weighted by molar-refractivity contribution is 7.21. The van der Waals surface area contributed by atoms with Crippen LogP contribution in [0.1, 0.15) is 20.9 Å². The monoisotopic (exact) mass is 327 g/mol. The van der Waals surface area contributed by atoms with Crippen LogP contribution in [0.15, 0.2) is 30.3 Å². The number of nitrogens with zero attached hydrogens (tertiary/aromatic N) is 2. The molecular weight excluding hydrogens is 313 g/mol. The van der Waals surface area contributed by atoms with Gasteiger partial charge in [-0.15, -0.1) is 11.3 Å². The standard InChI is InChI=1S/C17H14FN3OS/c1-9-7-10(2)20-16-13(9)14-15(23-16)17(22)21(8-19-14)12-6-4-3-5-11(12)18/h3-7,19H,8H2,1-2H3. The van der Waals surface area contributed by atoms with Crippen molar-refractivity contribution in [3.63, 3.8) is 0 Å². The summed E-state index contributed by atoms with van der Waals surface area (Å²) in [7, 11) is 0. The smallest absolute Gasteiger partial charge is 0.272 e. The number of anilines is 2. The molecule has 0 fully saturated rings. The van der Waals surface area contributed by atoms with Crippen LogP contribution in [0, 0.1) is 19.7 Å². The number of carbonyl (C=O) groups is 1. The lowest BCUT2D eigenvalue weighted by Crippen LogP contribution is -2.39. The number of amides is 1. The Hall–Kier alpha value is -2.47. The molecule has 0 saturated carbocycles. The average molecular weight is 327 g/mol. The van der Waals surface area contributed by atoms with E-state index in [1.807, 2.05) is 19.9 Å². The second kappa shape index (κ2) is 5.03. The SMILES string of the molecule is Cc1cc(C)c2c3c(sc2n1)C(=O)N(c1ccccc1F)CN3. The van der Waals surface area contributed by atoms with E-state index in [1.54, 1.807) is 18.2 Å². The Bertz CT molecular complexity index is 950. The maximum absolute atomic E-state index is 14.0. The van der Waals surface area contributed by atoms with E-state index < -0.39 is 5.82 Å². The van der Waals surface area contributed by atoms with Crippen LogP contribution in [0.25, 0.3) is 10.2 Å². The van der Waals surface area contributed by atoms with Gasteiger partial charge in [-0.2, -0.15) is 0 Å². The van der Waals surface area contributed by atoms with Crippen LogP contribution in [-0.4, -0.2) is 17.6 Å². The molecule has 0 unspecified atom stereocenters. The molecule has 6 heteroatoms. The van der Waals surface area contributed by atoms with Gasteiger partial charge in [0.25, 0.3) is 5.91 Å². The number of rotatable bonds is 1. The molecule has 3 heterocycles. The van der Waals surface area contributed by atoms with Crippen LogP contribution in [0.4, 0.5) is 15.8 Å². The van der Waals surface area contributed by atoms with Gasteiger partial charge in [-0.25, -0.2) is 9.37 Å². The summed E-state index contributed by atoms with van der Waals surface area (Å²) in [6.45, 7) is 4.19. The molecule has 0 aliphatic carbocycles. The third-order valence-corrected chi connectivity index (χ3v) is 5.06. The zero-order valence-corrected chi connectivity index (χ0v) is 13.5. The van der Waals surface area contributed by atoms with Crippen LogP contribution in [-0.2, 0) is 0 Å². The molecule has 3 aromatic rings. The van der Waals surface area contributed by atoms with Gasteiger partial charge in [-0.05, 0) is 37.6 Å². The summed E-state index contributed by atoms with van der Waals surface area (Å²) < 4.78 is 14.0. The van der Waals surface area contributed by atoms with E-state index in [-0.39, 0.29) is 18.3 Å². The fraction of sp³-hybridized carbons (Fsp3) is 0.176. The van der Waals surface area contributed by atoms with E-state index in [4.69, 9.17) is 0 Å². The molecule has 0 bridgehead atoms. The molecule has 0 atom stereocenters. The number of fused-ring (bicyclic) bond motifs is 3. The van der Waals surface area contributed by atoms with Crippen molar-refractivity contribution >= 4 is 38.8 Å². The Morgan fingerprint density at radius 2 is 2.09 bits per heavy atom. The highest BCUT2D eigenvalue weighted by atomic mass is 32.1. The Morgan fingerprint density at radius 3 is 2.87 bits per heavy atom. The van der Waals surface area contributed by atoms with Crippen LogP contribution in [0.5, 0.6) is 0 Å². The number of hydrogen-bond donors (Lipinski definition) is 1. The fourth-order valence-electron chi connectivity index (χ4n) is 2.98. The van der Waals surface area contributed by atoms with Crippen LogP contribution in [0.3, 0.4) is 0 Å². The molecular formula is C17H14FN3OS. The first-order chi connectivity index (χ1) is 11.1. The van der Waals surface area contributed by atoms with E-state index in [0.29, 0.717) is 4.88 Å². The van der Waals surface area contributed by atoms with E-state index in [1.165, 1.54) is 22.3 Å². The number of thiophene rings is 1. The van der Waals surface area contributed by atoms with E-state index in [2.05, 4.69) is 10.3 Å². The van der Waals surface area contributed by atoms with Gasteiger partial charge in [-0.3, -0.25) is 9.69 Å². The highest BCUT2D eigenvalue weighted by Gasteiger charge is 2.31. The summed E-state index contributed by atoms with van der Waals surface area (Å²) in [4.78, 5) is 20.2. The molecule has 1 amide bonds. The first-order valence-corrected chi connectivity index (χ1v) is 8.09. The average Bonchev–Trinajstić information content (AvgIpc) is 2.88. The minimum absolute atomic E-state index is 0.191. The largest absolute Gasteiger partial charge is 0.365 e. The van der Waals surface area contributed by atoms with Gasteiger partial charge in [0.1, 0.15) is 15.5 Å². The first-order valence-electron chi connectivity index (χ1n) is 7.27. The van der Waals surface area contributed by atoms with Gasteiger partial charge in [-0.1, -0.05) is 12.1 Å². The minimum Gasteiger partial charge on any atom is -0.365 e. The summed E-state index contributed by atoms with van der Waals surface area (Å²) in [5, 5.41) is 4.24. The summed E-state index contributed by atoms with van der Waals surface area (Å²) in [6, 6.07) is 8.31. The first kappa shape index (κ1) is 14.1. The zero-order chi connectivity index (χ0) is 16.1. The maximum atomic E-state index is 14.0. The third kappa shape index (κ3) is 2.09. The van der Waals surface area contributed by atoms with E-state index in [9.17, 15) is 9.18 Å². The number of halogens is 1. The number of benzene rings is 1. The number of hydrogen-bond acceptors (Lipinski definition) is 4. The van der Waals surface area contributed by atoms with Crippen molar-refractivity contribution in [3.8, 4) is 0 Å². The van der Waals surface area contributed by atoms with Crippen LogP contribution >= 0.6 is 11.3 Å². The van der Waals surface area contributed by atoms with Crippen molar-refractivity contribution in [2.75, 3.05) is 16.9 Å². The van der Waals surface area contributed by atoms with Crippen molar-refractivity contribution in [2.24, 2.45) is 0 Å². The molecule has 1 aromatic carbocycles. The second-order valence-electron chi connectivity index (χ2n) is 5.59. The van der Waals surface area contributed by atoms with Gasteiger partial charge in [0.2, 0.25) is 0 Å². The minimum atomic E-state index is -0.405. The molecule has 0 radical (unpaired) electrons. The number of aryl methyl sites for hydroxylation is 2. The Balaban J connectivity index is 1.87. The van der Waals surface area contributed by atoms with Gasteiger partial charge in [0.05, 0.1) is 18.0 Å². The topological polar surface area (TPSA) is 45.2 Å². The maximum Gasteiger partial charge on any atom is 0.272 e. The predicted octanol–water partition coefficient (Wildman–Crippen LogP) is 4.08. The van der Waals surface area contributed by atoms with Gasteiger partial charge < -0.3 is 5.32 Å². The van der Waals surface area contributed by atoms with Crippen molar-refractivity contribution in [3.05, 3.63) is 52.3 Å². The van der Waals surface area contributed by atoms with Gasteiger partial charge in [0.15, 0.2) is 0 Å². The lowest BCUT2D eigenvalue weighted by Gasteiger charge is -2.28. The van der Waals surface area contributed by atoms with E-state index in [0.717, 1.165) is 27.2 Å². The fourth-order valence-corrected chi connectivity index (χ4v) is 4.20. The number of pyridine rings is 1. The van der Waals surface area contributed by atoms with Crippen molar-refractivity contribution in [2.45, 2.75) is 13.8 Å². The van der Waals surface area contributed by atoms with Crippen LogP contribution in [0.2, 0.25) is 0 Å². The van der Waals surface area contributed by atoms with Gasteiger partial charge >= 0.3 is 0 Å². The number of carbonyl (C=O) groups excluding carboxylic acids is 1. The lowest BCUT2D eigenvalue weighted by molar-refractivity contribution is 0.0989. The van der Waals surface area contributed by atoms with Crippen molar-refractivity contribution in [1.29, 1.82) is 0 Å². The Labute approximate surface area is 136 Å². The summed E-state index contributed by atoms with van der Waals surface area (Å²) in [6.07, 6.45) is 0. The lowest BCUT2D eigenvalue weighted by atomic mass is 10.1. The number of aromatic nitrogens is 1. The van der Waals surface area contributed by atoms with Crippen molar-refractivity contribution in [1.82, 2.24) is 4.98 Å². The molecule has 4 nitrogen and oxygen atoms in total. The zero-order valence-electron chi connectivity index (χ0n) is 12.7. The third-order valence-electron chi connectivity index (χ3n) is 3.98. The molecule has 0 saturated heterocycles. The van der Waals surface area contributed by atoms with Crippen LogP contribution < -0.4 is 10.2 Å². The van der Waals surface area contributed by atoms with E-state index >= 15 is 0 Å². The summed E-state index contributed by atoms with van der Waals surface area (Å²) >= 11 is 1.35. The highest BCUT2D eigenvalue weighted by Crippen LogP contribution is 2.40. The summed E-state index contributed by atoms with van der Waals surface area (Å²) in [5.74, 6) is -0.596. The second-order valence-corrected chi connectivity index (χ2v) is 6.59. The molecule has 1 aliphatic rings. The molecule has 23 heavy (non-hydrogen) atoms. The van der Waals surface area contributed by atoms with Gasteiger partial charge in [0, 0.05) is 11.1 Å². The molecule has 4 rings (SSSR count). The normalized spacial score (nSPS) is 14.0.